The molecule has 0 radical (unpaired) electrons. The molecule has 1 aliphatic carbocycles. The largest absolute Gasteiger partial charge is 0.349 e. The molecule has 0 unspecified atom stereocenters. The van der Waals surface area contributed by atoms with Gasteiger partial charge >= 0.3 is 0 Å². The minimum Gasteiger partial charge on any atom is -0.349 e. The maximum Gasteiger partial charge on any atom is 0.241 e. The van der Waals surface area contributed by atoms with Gasteiger partial charge in [0.25, 0.3) is 0 Å². The summed E-state index contributed by atoms with van der Waals surface area (Å²) in [6, 6.07) is 0. The van der Waals surface area contributed by atoms with E-state index in [4.69, 9.17) is 5.41 Å². The summed E-state index contributed by atoms with van der Waals surface area (Å²) in [4.78, 5) is 15.3. The average molecular weight is 223 g/mol. The first-order valence-electron chi connectivity index (χ1n) is 6.26. The minimum absolute atomic E-state index is 0.145. The zero-order chi connectivity index (χ0) is 11.5. The Morgan fingerprint density at radius 1 is 1.25 bits per heavy atom. The van der Waals surface area contributed by atoms with Crippen LogP contribution in [-0.4, -0.2) is 48.2 Å². The number of carbonyl (C=O) groups is 1. The highest BCUT2D eigenvalue weighted by molar-refractivity contribution is 5.88. The maximum atomic E-state index is 11.6. The van der Waals surface area contributed by atoms with Crippen LogP contribution < -0.4 is 0 Å². The van der Waals surface area contributed by atoms with Crippen molar-refractivity contribution in [2.45, 2.75) is 32.1 Å². The fourth-order valence-electron chi connectivity index (χ4n) is 2.60. The number of hydrogen-bond donors (Lipinski definition) is 1. The van der Waals surface area contributed by atoms with Gasteiger partial charge < -0.3 is 9.80 Å². The van der Waals surface area contributed by atoms with E-state index in [1.165, 1.54) is 19.3 Å². The second-order valence-electron chi connectivity index (χ2n) is 4.96. The van der Waals surface area contributed by atoms with E-state index in [2.05, 4.69) is 0 Å². The van der Waals surface area contributed by atoms with Crippen LogP contribution in [0.3, 0.4) is 0 Å². The van der Waals surface area contributed by atoms with Crippen molar-refractivity contribution in [3.8, 4) is 0 Å². The number of amidine groups is 1. The lowest BCUT2D eigenvalue weighted by atomic mass is 9.88. The quantitative estimate of drug-likeness (QED) is 0.538. The summed E-state index contributed by atoms with van der Waals surface area (Å²) in [5.41, 5.74) is 0. The fraction of sp³-hybridized carbons (Fsp3) is 0.833. The summed E-state index contributed by atoms with van der Waals surface area (Å²) in [5, 5.41) is 8.19. The van der Waals surface area contributed by atoms with Crippen LogP contribution in [0.4, 0.5) is 0 Å². The second-order valence-corrected chi connectivity index (χ2v) is 4.96. The highest BCUT2D eigenvalue weighted by Gasteiger charge is 2.27. The van der Waals surface area contributed by atoms with Gasteiger partial charge in [0.15, 0.2) is 0 Å². The lowest BCUT2D eigenvalue weighted by molar-refractivity contribution is -0.132. The Morgan fingerprint density at radius 2 is 1.94 bits per heavy atom. The lowest BCUT2D eigenvalue weighted by Gasteiger charge is -2.37. The van der Waals surface area contributed by atoms with Crippen molar-refractivity contribution in [2.75, 3.05) is 26.7 Å². The molecule has 0 aromatic carbocycles. The van der Waals surface area contributed by atoms with E-state index in [1.54, 1.807) is 4.90 Å². The number of carbonyl (C=O) groups excluding carboxylic acids is 1. The number of nitrogens with one attached hydrogen (secondary N) is 1. The van der Waals surface area contributed by atoms with Crippen LogP contribution in [-0.2, 0) is 4.79 Å². The van der Waals surface area contributed by atoms with Gasteiger partial charge in [0, 0.05) is 26.1 Å². The molecule has 0 bridgehead atoms. The van der Waals surface area contributed by atoms with Crippen LogP contribution in [0, 0.1) is 11.3 Å². The van der Waals surface area contributed by atoms with Crippen LogP contribution in [0.25, 0.3) is 0 Å². The third-order valence-corrected chi connectivity index (χ3v) is 3.79. The molecule has 0 aromatic rings. The van der Waals surface area contributed by atoms with E-state index < -0.39 is 0 Å². The second kappa shape index (κ2) is 4.85. The Labute approximate surface area is 97.1 Å². The van der Waals surface area contributed by atoms with Crippen LogP contribution >= 0.6 is 0 Å². The van der Waals surface area contributed by atoms with Crippen molar-refractivity contribution < 1.29 is 4.79 Å². The Balaban J connectivity index is 1.91. The minimum atomic E-state index is 0.145. The number of hydrogen-bond acceptors (Lipinski definition) is 2. The normalized spacial score (nSPS) is 23.7. The first-order valence-corrected chi connectivity index (χ1v) is 6.26. The van der Waals surface area contributed by atoms with E-state index in [-0.39, 0.29) is 5.91 Å². The highest BCUT2D eigenvalue weighted by atomic mass is 16.2. The van der Waals surface area contributed by atoms with Gasteiger partial charge in [-0.05, 0) is 12.8 Å². The molecule has 1 saturated carbocycles. The van der Waals surface area contributed by atoms with Crippen molar-refractivity contribution >= 4 is 11.7 Å². The van der Waals surface area contributed by atoms with E-state index in [9.17, 15) is 4.79 Å². The highest BCUT2D eigenvalue weighted by Crippen LogP contribution is 2.25. The molecule has 0 atom stereocenters. The molecule has 1 aliphatic heterocycles. The van der Waals surface area contributed by atoms with E-state index in [0.29, 0.717) is 18.3 Å². The van der Waals surface area contributed by atoms with Crippen LogP contribution in [0.5, 0.6) is 0 Å². The lowest BCUT2D eigenvalue weighted by Crippen LogP contribution is -2.52. The monoisotopic (exact) mass is 223 g/mol. The Kier molecular flexibility index (Phi) is 3.46. The Hall–Kier alpha value is -1.06. The van der Waals surface area contributed by atoms with E-state index in [1.807, 2.05) is 11.9 Å². The van der Waals surface area contributed by atoms with Gasteiger partial charge in [-0.1, -0.05) is 19.3 Å². The van der Waals surface area contributed by atoms with Crippen molar-refractivity contribution in [1.29, 1.82) is 5.41 Å². The summed E-state index contributed by atoms with van der Waals surface area (Å²) in [6.07, 6.45) is 6.08. The van der Waals surface area contributed by atoms with Crippen molar-refractivity contribution in [1.82, 2.24) is 9.80 Å². The van der Waals surface area contributed by atoms with E-state index in [0.717, 1.165) is 25.9 Å². The topological polar surface area (TPSA) is 47.4 Å². The Bertz CT molecular complexity index is 284. The van der Waals surface area contributed by atoms with Gasteiger partial charge in [-0.3, -0.25) is 10.2 Å². The molecule has 0 aromatic heterocycles. The standard InChI is InChI=1S/C12H21N3O/c1-14-7-8-15(9-11(14)16)12(13)10-5-3-2-4-6-10/h10,13H,2-9H2,1H3. The molecule has 1 saturated heterocycles. The molecule has 1 amide bonds. The van der Waals surface area contributed by atoms with Gasteiger partial charge in [-0.15, -0.1) is 0 Å². The van der Waals surface area contributed by atoms with Crippen LogP contribution in [0.15, 0.2) is 0 Å². The van der Waals surface area contributed by atoms with Crippen molar-refractivity contribution in [3.63, 3.8) is 0 Å². The van der Waals surface area contributed by atoms with Crippen LogP contribution in [0.1, 0.15) is 32.1 Å². The third-order valence-electron chi connectivity index (χ3n) is 3.79. The molecule has 16 heavy (non-hydrogen) atoms. The summed E-state index contributed by atoms with van der Waals surface area (Å²) >= 11 is 0. The summed E-state index contributed by atoms with van der Waals surface area (Å²) in [5.74, 6) is 1.26. The molecule has 4 heteroatoms. The van der Waals surface area contributed by atoms with Gasteiger partial charge in [0.05, 0.1) is 12.4 Å². The summed E-state index contributed by atoms with van der Waals surface area (Å²) in [6.45, 7) is 2.00. The summed E-state index contributed by atoms with van der Waals surface area (Å²) < 4.78 is 0. The van der Waals surface area contributed by atoms with Gasteiger partial charge in [0.1, 0.15) is 0 Å². The van der Waals surface area contributed by atoms with Gasteiger partial charge in [0.2, 0.25) is 5.91 Å². The third kappa shape index (κ3) is 2.36. The molecule has 1 heterocycles. The molecule has 2 fully saturated rings. The smallest absolute Gasteiger partial charge is 0.241 e. The van der Waals surface area contributed by atoms with Gasteiger partial charge in [-0.2, -0.15) is 0 Å². The number of rotatable bonds is 1. The van der Waals surface area contributed by atoms with Crippen LogP contribution in [0.2, 0.25) is 0 Å². The molecule has 1 N–H and O–H groups in total. The molecule has 0 spiro atoms. The molecule has 90 valence electrons. The first kappa shape index (κ1) is 11.4. The number of piperazine rings is 1. The predicted molar refractivity (Wildman–Crippen MR) is 63.5 cm³/mol. The average Bonchev–Trinajstić information content (AvgIpc) is 2.33. The molecular formula is C12H21N3O. The number of likely N-dealkylation sites (N-methyl/N-ethyl adjacent to an activating group) is 1. The van der Waals surface area contributed by atoms with E-state index >= 15 is 0 Å². The van der Waals surface area contributed by atoms with Crippen molar-refractivity contribution in [3.05, 3.63) is 0 Å². The Morgan fingerprint density at radius 3 is 2.56 bits per heavy atom. The molecule has 2 rings (SSSR count). The first-order chi connectivity index (χ1) is 7.68. The predicted octanol–water partition coefficient (Wildman–Crippen LogP) is 1.32. The van der Waals surface area contributed by atoms with Crippen molar-refractivity contribution in [2.24, 2.45) is 5.92 Å². The zero-order valence-electron chi connectivity index (χ0n) is 10.0. The summed E-state index contributed by atoms with van der Waals surface area (Å²) in [7, 11) is 1.84. The number of amides is 1. The molecule has 4 nitrogen and oxygen atoms in total. The van der Waals surface area contributed by atoms with Gasteiger partial charge in [-0.25, -0.2) is 0 Å². The fourth-order valence-corrected chi connectivity index (χ4v) is 2.60. The SMILES string of the molecule is CN1CCN(C(=N)C2CCCCC2)CC1=O. The maximum absolute atomic E-state index is 11.6. The number of nitrogens with zero attached hydrogens (tertiary/aromatic N) is 2. The zero-order valence-corrected chi connectivity index (χ0v) is 10.0. The molecular weight excluding hydrogens is 202 g/mol. The molecule has 2 aliphatic rings.